The van der Waals surface area contributed by atoms with Crippen molar-refractivity contribution >= 4 is 29.0 Å². The molecule has 0 radical (unpaired) electrons. The smallest absolute Gasteiger partial charge is 0.101 e. The number of amidine groups is 1. The molecule has 1 rings (SSSR count). The lowest BCUT2D eigenvalue weighted by molar-refractivity contribution is 0.922. The highest BCUT2D eigenvalue weighted by Crippen LogP contribution is 2.24. The molecule has 0 aliphatic carbocycles. The van der Waals surface area contributed by atoms with Crippen LogP contribution in [0.3, 0.4) is 0 Å². The molecule has 0 aliphatic heterocycles. The molecule has 4 heteroatoms. The van der Waals surface area contributed by atoms with Gasteiger partial charge < -0.3 is 5.32 Å². The molecular weight excluding hydrogens is 243 g/mol. The van der Waals surface area contributed by atoms with Crippen LogP contribution in [-0.4, -0.2) is 18.9 Å². The summed E-state index contributed by atoms with van der Waals surface area (Å²) in [5.74, 6) is 0.931. The quantitative estimate of drug-likeness (QED) is 0.648. The van der Waals surface area contributed by atoms with Crippen LogP contribution >= 0.6 is 23.2 Å². The van der Waals surface area contributed by atoms with Crippen molar-refractivity contribution in [2.75, 3.05) is 13.1 Å². The third-order valence-corrected chi connectivity index (χ3v) is 2.84. The van der Waals surface area contributed by atoms with Gasteiger partial charge in [-0.3, -0.25) is 4.99 Å². The molecule has 0 unspecified atom stereocenters. The first-order valence-electron chi connectivity index (χ1n) is 5.39. The molecule has 1 aromatic rings. The van der Waals surface area contributed by atoms with E-state index in [1.165, 1.54) is 0 Å². The van der Waals surface area contributed by atoms with Crippen molar-refractivity contribution in [3.05, 3.63) is 33.8 Å². The van der Waals surface area contributed by atoms with Crippen molar-refractivity contribution in [1.29, 1.82) is 0 Å². The van der Waals surface area contributed by atoms with E-state index in [0.29, 0.717) is 16.5 Å². The van der Waals surface area contributed by atoms with Gasteiger partial charge in [0.25, 0.3) is 0 Å². The van der Waals surface area contributed by atoms with Crippen molar-refractivity contribution in [3.8, 4) is 0 Å². The van der Waals surface area contributed by atoms with E-state index in [1.54, 1.807) is 0 Å². The third kappa shape index (κ3) is 3.69. The van der Waals surface area contributed by atoms with Gasteiger partial charge in [0.15, 0.2) is 0 Å². The Morgan fingerprint density at radius 1 is 1.25 bits per heavy atom. The summed E-state index contributed by atoms with van der Waals surface area (Å²) in [7, 11) is 0. The van der Waals surface area contributed by atoms with Crippen LogP contribution in [0.25, 0.3) is 0 Å². The summed E-state index contributed by atoms with van der Waals surface area (Å²) in [5, 5.41) is 4.60. The van der Waals surface area contributed by atoms with Gasteiger partial charge in [-0.2, -0.15) is 0 Å². The lowest BCUT2D eigenvalue weighted by Crippen LogP contribution is -2.25. The Bertz CT molecular complexity index is 355. The van der Waals surface area contributed by atoms with Gasteiger partial charge in [0.2, 0.25) is 0 Å². The third-order valence-electron chi connectivity index (χ3n) is 2.14. The van der Waals surface area contributed by atoms with E-state index in [2.05, 4.69) is 10.3 Å². The topological polar surface area (TPSA) is 24.4 Å². The second-order valence-electron chi connectivity index (χ2n) is 3.33. The monoisotopic (exact) mass is 258 g/mol. The number of hydrogen-bond donors (Lipinski definition) is 1. The molecule has 0 atom stereocenters. The molecule has 2 nitrogen and oxygen atoms in total. The first kappa shape index (κ1) is 13.3. The highest BCUT2D eigenvalue weighted by molar-refractivity contribution is 6.36. The molecule has 0 aromatic heterocycles. The zero-order chi connectivity index (χ0) is 12.0. The zero-order valence-corrected chi connectivity index (χ0v) is 11.1. The maximum Gasteiger partial charge on any atom is 0.101 e. The summed E-state index contributed by atoms with van der Waals surface area (Å²) in [6, 6.07) is 5.54. The normalized spacial score (nSPS) is 11.6. The first-order chi connectivity index (χ1) is 7.69. The van der Waals surface area contributed by atoms with Crippen LogP contribution in [0.2, 0.25) is 10.0 Å². The fraction of sp³-hybridized carbons (Fsp3) is 0.417. The number of halogens is 2. The van der Waals surface area contributed by atoms with E-state index < -0.39 is 0 Å². The highest BCUT2D eigenvalue weighted by Gasteiger charge is 2.08. The molecule has 0 amide bonds. The van der Waals surface area contributed by atoms with E-state index in [9.17, 15) is 0 Å². The Hall–Kier alpha value is -0.730. The largest absolute Gasteiger partial charge is 0.374 e. The number of hydrogen-bond acceptors (Lipinski definition) is 1. The van der Waals surface area contributed by atoms with Crippen LogP contribution in [0.4, 0.5) is 0 Å². The van der Waals surface area contributed by atoms with Gasteiger partial charge in [0.05, 0.1) is 0 Å². The van der Waals surface area contributed by atoms with E-state index in [0.717, 1.165) is 24.5 Å². The fourth-order valence-corrected chi connectivity index (χ4v) is 1.97. The van der Waals surface area contributed by atoms with Crippen molar-refractivity contribution in [2.24, 2.45) is 4.99 Å². The molecule has 0 saturated heterocycles. The number of nitrogens with one attached hydrogen (secondary N) is 1. The summed E-state index contributed by atoms with van der Waals surface area (Å²) < 4.78 is 0. The molecule has 0 bridgehead atoms. The van der Waals surface area contributed by atoms with Crippen molar-refractivity contribution in [2.45, 2.75) is 20.3 Å². The standard InChI is InChI=1S/C12H16Cl2N2/c1-3-15-12(16-4-2)8-9-10(13)6-5-7-11(9)14/h5-7H,3-4,8H2,1-2H3,(H,15,16). The Balaban J connectivity index is 2.89. The summed E-state index contributed by atoms with van der Waals surface area (Å²) in [6.45, 7) is 5.65. The van der Waals surface area contributed by atoms with E-state index in [1.807, 2.05) is 32.0 Å². The lowest BCUT2D eigenvalue weighted by atomic mass is 10.1. The summed E-state index contributed by atoms with van der Waals surface area (Å²) in [5.41, 5.74) is 0.930. The predicted molar refractivity (Wildman–Crippen MR) is 71.8 cm³/mol. The molecule has 0 heterocycles. The van der Waals surface area contributed by atoms with Crippen LogP contribution in [0, 0.1) is 0 Å². The maximum atomic E-state index is 6.11. The van der Waals surface area contributed by atoms with Crippen LogP contribution < -0.4 is 5.32 Å². The average Bonchev–Trinajstić information content (AvgIpc) is 2.24. The number of aliphatic imine (C=N–C) groups is 1. The predicted octanol–water partition coefficient (Wildman–Crippen LogP) is 3.56. The first-order valence-corrected chi connectivity index (χ1v) is 6.14. The van der Waals surface area contributed by atoms with Gasteiger partial charge in [-0.1, -0.05) is 29.3 Å². The van der Waals surface area contributed by atoms with Crippen molar-refractivity contribution < 1.29 is 0 Å². The molecule has 1 N–H and O–H groups in total. The van der Waals surface area contributed by atoms with Crippen molar-refractivity contribution in [1.82, 2.24) is 5.32 Å². The molecule has 16 heavy (non-hydrogen) atoms. The van der Waals surface area contributed by atoms with Crippen LogP contribution in [0.15, 0.2) is 23.2 Å². The number of likely N-dealkylation sites (N-methyl/N-ethyl adjacent to an activating group) is 1. The Morgan fingerprint density at radius 2 is 1.88 bits per heavy atom. The maximum absolute atomic E-state index is 6.11. The Labute approximate surface area is 107 Å². The number of nitrogens with zero attached hydrogens (tertiary/aromatic N) is 1. The second kappa shape index (κ2) is 6.77. The average molecular weight is 259 g/mol. The highest BCUT2D eigenvalue weighted by atomic mass is 35.5. The van der Waals surface area contributed by atoms with Gasteiger partial charge in [0, 0.05) is 29.6 Å². The van der Waals surface area contributed by atoms with Crippen LogP contribution in [0.1, 0.15) is 19.4 Å². The molecular formula is C12H16Cl2N2. The SMILES string of the molecule is CCN=C(Cc1c(Cl)cccc1Cl)NCC. The minimum atomic E-state index is 0.653. The van der Waals surface area contributed by atoms with Gasteiger partial charge in [-0.05, 0) is 31.5 Å². The molecule has 1 aromatic carbocycles. The Morgan fingerprint density at radius 3 is 2.38 bits per heavy atom. The zero-order valence-electron chi connectivity index (χ0n) is 9.56. The molecule has 0 aliphatic rings. The van der Waals surface area contributed by atoms with Crippen LogP contribution in [-0.2, 0) is 6.42 Å². The minimum Gasteiger partial charge on any atom is -0.374 e. The van der Waals surface area contributed by atoms with Gasteiger partial charge in [-0.15, -0.1) is 0 Å². The van der Waals surface area contributed by atoms with Gasteiger partial charge in [-0.25, -0.2) is 0 Å². The number of rotatable bonds is 4. The lowest BCUT2D eigenvalue weighted by Gasteiger charge is -2.10. The molecule has 0 saturated carbocycles. The van der Waals surface area contributed by atoms with E-state index >= 15 is 0 Å². The summed E-state index contributed by atoms with van der Waals surface area (Å²) >= 11 is 12.2. The molecule has 0 fully saturated rings. The summed E-state index contributed by atoms with van der Waals surface area (Å²) in [4.78, 5) is 4.38. The van der Waals surface area contributed by atoms with Crippen LogP contribution in [0.5, 0.6) is 0 Å². The molecule has 0 spiro atoms. The van der Waals surface area contributed by atoms with E-state index in [4.69, 9.17) is 23.2 Å². The minimum absolute atomic E-state index is 0.653. The second-order valence-corrected chi connectivity index (χ2v) is 4.14. The summed E-state index contributed by atoms with van der Waals surface area (Å²) in [6.07, 6.45) is 0.653. The van der Waals surface area contributed by atoms with Crippen molar-refractivity contribution in [3.63, 3.8) is 0 Å². The molecule has 88 valence electrons. The fourth-order valence-electron chi connectivity index (χ4n) is 1.44. The van der Waals surface area contributed by atoms with E-state index in [-0.39, 0.29) is 0 Å². The number of benzene rings is 1. The van der Waals surface area contributed by atoms with Gasteiger partial charge >= 0.3 is 0 Å². The Kier molecular flexibility index (Phi) is 5.64. The van der Waals surface area contributed by atoms with Gasteiger partial charge in [0.1, 0.15) is 5.84 Å².